The summed E-state index contributed by atoms with van der Waals surface area (Å²) < 4.78 is 0. The first-order valence-corrected chi connectivity index (χ1v) is 7.31. The summed E-state index contributed by atoms with van der Waals surface area (Å²) in [5, 5.41) is 3.10. The van der Waals surface area contributed by atoms with Crippen LogP contribution in [0.3, 0.4) is 0 Å². The molecule has 1 heterocycles. The molecule has 2 fully saturated rings. The number of hydrogen-bond donors (Lipinski definition) is 2. The summed E-state index contributed by atoms with van der Waals surface area (Å²) in [5.41, 5.74) is 5.41. The fourth-order valence-electron chi connectivity index (χ4n) is 2.91. The van der Waals surface area contributed by atoms with Crippen molar-refractivity contribution in [2.45, 2.75) is 51.0 Å². The number of hydrogen-bond acceptors (Lipinski definition) is 2. The lowest BCUT2D eigenvalue weighted by Gasteiger charge is -2.35. The van der Waals surface area contributed by atoms with Crippen molar-refractivity contribution in [3.63, 3.8) is 0 Å². The molecule has 4 nitrogen and oxygen atoms in total. The standard InChI is InChI=1S/C13H23N3OS/c1-10-4-8-16(9-5-10)12(17)15-13(11(14)18)6-2-3-7-13/h10H,2-9H2,1H3,(H2,14,18)(H,15,17). The number of carbonyl (C=O) groups is 1. The second kappa shape index (κ2) is 5.43. The molecule has 0 radical (unpaired) electrons. The van der Waals surface area contributed by atoms with Crippen molar-refractivity contribution in [3.05, 3.63) is 0 Å². The van der Waals surface area contributed by atoms with E-state index in [1.807, 2.05) is 4.90 Å². The molecule has 1 saturated carbocycles. The zero-order chi connectivity index (χ0) is 13.2. The van der Waals surface area contributed by atoms with E-state index in [0.717, 1.165) is 57.5 Å². The molecule has 0 unspecified atom stereocenters. The molecule has 5 heteroatoms. The van der Waals surface area contributed by atoms with Gasteiger partial charge in [0.25, 0.3) is 0 Å². The van der Waals surface area contributed by atoms with Crippen LogP contribution in [0.1, 0.15) is 45.4 Å². The quantitative estimate of drug-likeness (QED) is 0.754. The van der Waals surface area contributed by atoms with Crippen molar-refractivity contribution in [2.24, 2.45) is 11.7 Å². The highest BCUT2D eigenvalue weighted by Crippen LogP contribution is 2.30. The molecule has 0 aromatic carbocycles. The summed E-state index contributed by atoms with van der Waals surface area (Å²) in [7, 11) is 0. The van der Waals surface area contributed by atoms with Gasteiger partial charge >= 0.3 is 6.03 Å². The summed E-state index contributed by atoms with van der Waals surface area (Å²) in [6.07, 6.45) is 6.14. The fourth-order valence-corrected chi connectivity index (χ4v) is 3.16. The zero-order valence-corrected chi connectivity index (χ0v) is 11.9. The van der Waals surface area contributed by atoms with Gasteiger partial charge in [-0.25, -0.2) is 4.79 Å². The van der Waals surface area contributed by atoms with Crippen LogP contribution in [0.4, 0.5) is 4.79 Å². The lowest BCUT2D eigenvalue weighted by atomic mass is 9.97. The molecule has 18 heavy (non-hydrogen) atoms. The third-order valence-electron chi connectivity index (χ3n) is 4.35. The van der Waals surface area contributed by atoms with Crippen molar-refractivity contribution in [1.82, 2.24) is 10.2 Å². The van der Waals surface area contributed by atoms with Crippen molar-refractivity contribution in [2.75, 3.05) is 13.1 Å². The highest BCUT2D eigenvalue weighted by molar-refractivity contribution is 7.80. The third kappa shape index (κ3) is 2.76. The molecule has 0 atom stereocenters. The Balaban J connectivity index is 1.95. The van der Waals surface area contributed by atoms with Crippen LogP contribution in [-0.2, 0) is 0 Å². The minimum atomic E-state index is -0.421. The third-order valence-corrected chi connectivity index (χ3v) is 4.74. The van der Waals surface area contributed by atoms with Crippen LogP contribution in [0.5, 0.6) is 0 Å². The molecule has 102 valence electrons. The number of nitrogens with one attached hydrogen (secondary N) is 1. The van der Waals surface area contributed by atoms with Gasteiger partial charge in [0.2, 0.25) is 0 Å². The van der Waals surface area contributed by atoms with Crippen LogP contribution in [0.25, 0.3) is 0 Å². The minimum Gasteiger partial charge on any atom is -0.391 e. The van der Waals surface area contributed by atoms with Crippen molar-refractivity contribution < 1.29 is 4.79 Å². The number of nitrogens with zero attached hydrogens (tertiary/aromatic N) is 1. The maximum atomic E-state index is 12.3. The molecule has 3 N–H and O–H groups in total. The zero-order valence-electron chi connectivity index (χ0n) is 11.1. The number of rotatable bonds is 2. The van der Waals surface area contributed by atoms with Gasteiger partial charge in [-0.15, -0.1) is 0 Å². The van der Waals surface area contributed by atoms with Crippen LogP contribution >= 0.6 is 12.2 Å². The van der Waals surface area contributed by atoms with Gasteiger partial charge in [0, 0.05) is 13.1 Å². The molecule has 0 bridgehead atoms. The van der Waals surface area contributed by atoms with Crippen LogP contribution in [0, 0.1) is 5.92 Å². The summed E-state index contributed by atoms with van der Waals surface area (Å²) in [6.45, 7) is 3.93. The van der Waals surface area contributed by atoms with Crippen molar-refractivity contribution >= 4 is 23.2 Å². The van der Waals surface area contributed by atoms with E-state index in [2.05, 4.69) is 12.2 Å². The van der Waals surface area contributed by atoms with Crippen LogP contribution in [-0.4, -0.2) is 34.5 Å². The molecule has 2 aliphatic rings. The molecule has 1 saturated heterocycles. The molecular formula is C13H23N3OS. The lowest BCUT2D eigenvalue weighted by molar-refractivity contribution is 0.167. The molecule has 1 aliphatic heterocycles. The van der Waals surface area contributed by atoms with E-state index < -0.39 is 5.54 Å². The van der Waals surface area contributed by atoms with Crippen molar-refractivity contribution in [3.8, 4) is 0 Å². The number of nitrogens with two attached hydrogens (primary N) is 1. The van der Waals surface area contributed by atoms with Gasteiger partial charge in [0.15, 0.2) is 0 Å². The number of amides is 2. The van der Waals surface area contributed by atoms with Gasteiger partial charge in [-0.3, -0.25) is 0 Å². The SMILES string of the molecule is CC1CCN(C(=O)NC2(C(N)=S)CCCC2)CC1. The number of piperidine rings is 1. The molecule has 0 aromatic rings. The molecular weight excluding hydrogens is 246 g/mol. The van der Waals surface area contributed by atoms with E-state index in [0.29, 0.717) is 4.99 Å². The largest absolute Gasteiger partial charge is 0.391 e. The van der Waals surface area contributed by atoms with Gasteiger partial charge < -0.3 is 16.0 Å². The first kappa shape index (κ1) is 13.6. The van der Waals surface area contributed by atoms with Crippen LogP contribution in [0.15, 0.2) is 0 Å². The monoisotopic (exact) mass is 269 g/mol. The minimum absolute atomic E-state index is 0.0107. The van der Waals surface area contributed by atoms with E-state index in [1.54, 1.807) is 0 Å². The number of carbonyl (C=O) groups excluding carboxylic acids is 1. The molecule has 0 aromatic heterocycles. The first-order chi connectivity index (χ1) is 8.53. The molecule has 2 amide bonds. The summed E-state index contributed by atoms with van der Waals surface area (Å²) in [5.74, 6) is 0.727. The average molecular weight is 269 g/mol. The maximum absolute atomic E-state index is 12.3. The summed E-state index contributed by atoms with van der Waals surface area (Å²) in [4.78, 5) is 14.6. The van der Waals surface area contributed by atoms with Crippen molar-refractivity contribution in [1.29, 1.82) is 0 Å². The number of urea groups is 1. The van der Waals surface area contributed by atoms with Gasteiger partial charge in [-0.2, -0.15) is 0 Å². The van der Waals surface area contributed by atoms with Crippen LogP contribution in [0.2, 0.25) is 0 Å². The number of likely N-dealkylation sites (tertiary alicyclic amines) is 1. The van der Waals surface area contributed by atoms with Crippen LogP contribution < -0.4 is 11.1 Å². The van der Waals surface area contributed by atoms with E-state index in [9.17, 15) is 4.79 Å². The van der Waals surface area contributed by atoms with Gasteiger partial charge in [-0.1, -0.05) is 32.0 Å². The second-order valence-corrected chi connectivity index (χ2v) is 6.19. The Morgan fingerprint density at radius 3 is 2.39 bits per heavy atom. The van der Waals surface area contributed by atoms with Gasteiger partial charge in [0.1, 0.15) is 0 Å². The smallest absolute Gasteiger partial charge is 0.318 e. The van der Waals surface area contributed by atoms with E-state index >= 15 is 0 Å². The predicted molar refractivity (Wildman–Crippen MR) is 76.5 cm³/mol. The Bertz CT molecular complexity index is 331. The van der Waals surface area contributed by atoms with E-state index in [1.165, 1.54) is 0 Å². The topological polar surface area (TPSA) is 58.4 Å². The summed E-state index contributed by atoms with van der Waals surface area (Å²) >= 11 is 5.15. The molecule has 0 spiro atoms. The number of thiocarbonyl (C=S) groups is 1. The summed E-state index contributed by atoms with van der Waals surface area (Å²) in [6, 6.07) is 0.0107. The Hall–Kier alpha value is -0.840. The van der Waals surface area contributed by atoms with Gasteiger partial charge in [-0.05, 0) is 31.6 Å². The Labute approximate surface area is 114 Å². The normalized spacial score (nSPS) is 23.9. The molecule has 1 aliphatic carbocycles. The first-order valence-electron chi connectivity index (χ1n) is 6.90. The highest BCUT2D eigenvalue weighted by Gasteiger charge is 2.39. The Morgan fingerprint density at radius 2 is 1.89 bits per heavy atom. The Kier molecular flexibility index (Phi) is 4.10. The molecule has 2 rings (SSSR count). The Morgan fingerprint density at radius 1 is 1.33 bits per heavy atom. The van der Waals surface area contributed by atoms with Gasteiger partial charge in [0.05, 0.1) is 10.5 Å². The van der Waals surface area contributed by atoms with E-state index in [4.69, 9.17) is 18.0 Å². The lowest BCUT2D eigenvalue weighted by Crippen LogP contribution is -2.58. The average Bonchev–Trinajstić information content (AvgIpc) is 2.79. The predicted octanol–water partition coefficient (Wildman–Crippen LogP) is 2.03. The highest BCUT2D eigenvalue weighted by atomic mass is 32.1. The fraction of sp³-hybridized carbons (Fsp3) is 0.846. The second-order valence-electron chi connectivity index (χ2n) is 5.75. The maximum Gasteiger partial charge on any atom is 0.318 e. The van der Waals surface area contributed by atoms with E-state index in [-0.39, 0.29) is 6.03 Å².